The number of hydrogen-bond acceptors (Lipinski definition) is 2. The van der Waals surface area contributed by atoms with E-state index in [9.17, 15) is 0 Å². The number of nitrogens with one attached hydrogen (secondary N) is 2. The average Bonchev–Trinajstić information content (AvgIpc) is 3.03. The van der Waals surface area contributed by atoms with Crippen LogP contribution in [0.3, 0.4) is 0 Å². The number of rotatable bonds is 3. The van der Waals surface area contributed by atoms with E-state index in [0.717, 1.165) is 10.4 Å². The highest BCUT2D eigenvalue weighted by Crippen LogP contribution is 2.26. The molecule has 0 spiro atoms. The van der Waals surface area contributed by atoms with E-state index in [0.29, 0.717) is 12.1 Å². The van der Waals surface area contributed by atoms with Crippen molar-refractivity contribution in [2.75, 3.05) is 6.26 Å². The maximum atomic E-state index is 5.28. The molecule has 0 atom stereocenters. The maximum Gasteiger partial charge on any atom is 0.166 e. The van der Waals surface area contributed by atoms with Gasteiger partial charge < -0.3 is 10.6 Å². The molecule has 2 rings (SSSR count). The van der Waals surface area contributed by atoms with Crippen LogP contribution in [0.25, 0.3) is 0 Å². The lowest BCUT2D eigenvalue weighted by molar-refractivity contribution is 0.420. The maximum absolute atomic E-state index is 5.28. The summed E-state index contributed by atoms with van der Waals surface area (Å²) >= 11 is 7.29. The summed E-state index contributed by atoms with van der Waals surface area (Å²) in [5.41, 5.74) is 0. The first-order valence-corrected chi connectivity index (χ1v) is 7.57. The Balaban J connectivity index is 1.64. The summed E-state index contributed by atoms with van der Waals surface area (Å²) < 4.78 is 0. The molecular weight excluding hydrogens is 224 g/mol. The van der Waals surface area contributed by atoms with Gasteiger partial charge in [0, 0.05) is 17.3 Å². The third kappa shape index (κ3) is 3.83. The van der Waals surface area contributed by atoms with Gasteiger partial charge in [-0.3, -0.25) is 0 Å². The Labute approximate surface area is 102 Å². The van der Waals surface area contributed by atoms with Crippen molar-refractivity contribution in [2.45, 2.75) is 55.9 Å². The highest BCUT2D eigenvalue weighted by atomic mass is 32.2. The lowest BCUT2D eigenvalue weighted by Crippen LogP contribution is -2.44. The summed E-state index contributed by atoms with van der Waals surface area (Å²) in [6.45, 7) is 0. The van der Waals surface area contributed by atoms with Crippen LogP contribution in [0.4, 0.5) is 0 Å². The van der Waals surface area contributed by atoms with E-state index in [1.165, 1.54) is 38.5 Å². The summed E-state index contributed by atoms with van der Waals surface area (Å²) in [6, 6.07) is 1.29. The fourth-order valence-corrected chi connectivity index (χ4v) is 3.16. The minimum Gasteiger partial charge on any atom is -0.360 e. The second kappa shape index (κ2) is 5.39. The fraction of sp³-hybridized carbons (Fsp3) is 0.909. The van der Waals surface area contributed by atoms with E-state index < -0.39 is 0 Å². The van der Waals surface area contributed by atoms with Gasteiger partial charge in [0.1, 0.15) is 0 Å². The molecule has 15 heavy (non-hydrogen) atoms. The van der Waals surface area contributed by atoms with Gasteiger partial charge in [-0.2, -0.15) is 11.8 Å². The smallest absolute Gasteiger partial charge is 0.166 e. The van der Waals surface area contributed by atoms with Gasteiger partial charge in [-0.05, 0) is 57.0 Å². The predicted molar refractivity (Wildman–Crippen MR) is 71.5 cm³/mol. The van der Waals surface area contributed by atoms with Crippen molar-refractivity contribution in [3.05, 3.63) is 0 Å². The monoisotopic (exact) mass is 244 g/mol. The van der Waals surface area contributed by atoms with E-state index >= 15 is 0 Å². The summed E-state index contributed by atoms with van der Waals surface area (Å²) in [6.07, 6.45) is 10.0. The van der Waals surface area contributed by atoms with Gasteiger partial charge in [0.25, 0.3) is 0 Å². The molecule has 0 saturated heterocycles. The van der Waals surface area contributed by atoms with Crippen molar-refractivity contribution in [3.8, 4) is 0 Å². The van der Waals surface area contributed by atoms with Crippen LogP contribution in [0.1, 0.15) is 38.5 Å². The molecule has 0 aromatic heterocycles. The Morgan fingerprint density at radius 2 is 1.47 bits per heavy atom. The topological polar surface area (TPSA) is 24.1 Å². The number of hydrogen-bond donors (Lipinski definition) is 2. The Morgan fingerprint density at radius 3 is 1.87 bits per heavy atom. The first-order chi connectivity index (χ1) is 7.28. The Kier molecular flexibility index (Phi) is 4.14. The first kappa shape index (κ1) is 11.5. The van der Waals surface area contributed by atoms with Crippen LogP contribution in [0.15, 0.2) is 0 Å². The largest absolute Gasteiger partial charge is 0.360 e. The van der Waals surface area contributed by atoms with Gasteiger partial charge in [-0.1, -0.05) is 0 Å². The van der Waals surface area contributed by atoms with Crippen molar-refractivity contribution >= 4 is 29.1 Å². The van der Waals surface area contributed by atoms with E-state index in [2.05, 4.69) is 16.9 Å². The molecule has 2 fully saturated rings. The summed E-state index contributed by atoms with van der Waals surface area (Å²) in [7, 11) is 0. The molecule has 0 unspecified atom stereocenters. The van der Waals surface area contributed by atoms with E-state index in [4.69, 9.17) is 12.2 Å². The Bertz CT molecular complexity index is 221. The molecule has 2 aliphatic carbocycles. The van der Waals surface area contributed by atoms with E-state index in [-0.39, 0.29) is 0 Å². The zero-order chi connectivity index (χ0) is 10.7. The molecule has 4 heteroatoms. The van der Waals surface area contributed by atoms with Crippen molar-refractivity contribution in [1.29, 1.82) is 0 Å². The van der Waals surface area contributed by atoms with E-state index in [1.54, 1.807) is 0 Å². The van der Waals surface area contributed by atoms with Gasteiger partial charge in [0.05, 0.1) is 0 Å². The van der Waals surface area contributed by atoms with Crippen LogP contribution >= 0.6 is 24.0 Å². The quantitative estimate of drug-likeness (QED) is 0.744. The molecule has 2 aliphatic rings. The molecule has 0 radical (unpaired) electrons. The van der Waals surface area contributed by atoms with Gasteiger partial charge in [0.2, 0.25) is 0 Å². The summed E-state index contributed by atoms with van der Waals surface area (Å²) in [5.74, 6) is 0. The van der Waals surface area contributed by atoms with Crippen LogP contribution < -0.4 is 10.6 Å². The van der Waals surface area contributed by atoms with E-state index in [1.807, 2.05) is 11.8 Å². The molecule has 0 heterocycles. The molecule has 2 N–H and O–H groups in total. The lowest BCUT2D eigenvalue weighted by atomic mass is 9.95. The molecule has 0 amide bonds. The lowest BCUT2D eigenvalue weighted by Gasteiger charge is -2.29. The number of thioether (sulfide) groups is 1. The first-order valence-electron chi connectivity index (χ1n) is 5.87. The Hall–Kier alpha value is 0.0400. The minimum absolute atomic E-state index is 0.618. The van der Waals surface area contributed by atoms with Crippen LogP contribution in [0.5, 0.6) is 0 Å². The van der Waals surface area contributed by atoms with Crippen LogP contribution in [0.2, 0.25) is 0 Å². The predicted octanol–water partition coefficient (Wildman–Crippen LogP) is 2.29. The molecular formula is C11H20N2S2. The molecule has 0 aliphatic heterocycles. The highest BCUT2D eigenvalue weighted by Gasteiger charge is 2.24. The van der Waals surface area contributed by atoms with Crippen molar-refractivity contribution in [1.82, 2.24) is 10.6 Å². The third-order valence-corrected chi connectivity index (χ3v) is 4.63. The van der Waals surface area contributed by atoms with Crippen LogP contribution in [-0.2, 0) is 0 Å². The zero-order valence-corrected chi connectivity index (χ0v) is 10.9. The summed E-state index contributed by atoms with van der Waals surface area (Å²) in [5, 5.41) is 8.55. The second-order valence-corrected chi connectivity index (χ2v) is 6.15. The van der Waals surface area contributed by atoms with Crippen molar-refractivity contribution in [2.24, 2.45) is 0 Å². The molecule has 2 nitrogen and oxygen atoms in total. The second-order valence-electron chi connectivity index (χ2n) is 4.60. The third-order valence-electron chi connectivity index (χ3n) is 3.26. The van der Waals surface area contributed by atoms with Crippen LogP contribution in [0, 0.1) is 0 Å². The SMILES string of the molecule is CSC1CCC(NC(=S)NC2CC2)CC1. The standard InChI is InChI=1S/C11H20N2S2/c1-15-10-6-4-9(5-7-10)13-11(14)12-8-2-3-8/h8-10H,2-7H2,1H3,(H2,12,13,14). The fourth-order valence-electron chi connectivity index (χ4n) is 2.08. The Morgan fingerprint density at radius 1 is 1.00 bits per heavy atom. The molecule has 86 valence electrons. The molecule has 0 aromatic rings. The van der Waals surface area contributed by atoms with Gasteiger partial charge in [0.15, 0.2) is 5.11 Å². The highest BCUT2D eigenvalue weighted by molar-refractivity contribution is 7.99. The normalized spacial score (nSPS) is 31.0. The molecule has 0 aromatic carbocycles. The minimum atomic E-state index is 0.618. The van der Waals surface area contributed by atoms with Crippen LogP contribution in [-0.4, -0.2) is 28.7 Å². The molecule has 2 saturated carbocycles. The van der Waals surface area contributed by atoms with Gasteiger partial charge in [-0.15, -0.1) is 0 Å². The van der Waals surface area contributed by atoms with Crippen molar-refractivity contribution < 1.29 is 0 Å². The number of thiocarbonyl (C=S) groups is 1. The summed E-state index contributed by atoms with van der Waals surface area (Å²) in [4.78, 5) is 0. The van der Waals surface area contributed by atoms with Crippen molar-refractivity contribution in [3.63, 3.8) is 0 Å². The zero-order valence-electron chi connectivity index (χ0n) is 9.29. The average molecular weight is 244 g/mol. The van der Waals surface area contributed by atoms with Gasteiger partial charge in [-0.25, -0.2) is 0 Å². The molecule has 0 bridgehead atoms. The van der Waals surface area contributed by atoms with Gasteiger partial charge >= 0.3 is 0 Å².